The third-order valence-electron chi connectivity index (χ3n) is 2.65. The SMILES string of the molecule is CCN1C(=O)CC(N(CC(=O)O)CC(=O)O)C1=O. The van der Waals surface area contributed by atoms with Crippen LogP contribution in [0.1, 0.15) is 13.3 Å². The van der Waals surface area contributed by atoms with E-state index in [4.69, 9.17) is 10.2 Å². The molecule has 2 amide bonds. The molecule has 18 heavy (non-hydrogen) atoms. The summed E-state index contributed by atoms with van der Waals surface area (Å²) in [5.74, 6) is -3.43. The molecule has 1 saturated heterocycles. The molecule has 0 saturated carbocycles. The normalized spacial score (nSPS) is 19.7. The number of aliphatic carboxylic acids is 2. The van der Waals surface area contributed by atoms with Gasteiger partial charge in [-0.3, -0.25) is 29.0 Å². The number of carboxylic acids is 2. The number of carboxylic acid groups (broad SMARTS) is 2. The highest BCUT2D eigenvalue weighted by Gasteiger charge is 2.42. The lowest BCUT2D eigenvalue weighted by molar-refractivity contribution is -0.144. The molecule has 0 aliphatic carbocycles. The lowest BCUT2D eigenvalue weighted by Crippen LogP contribution is -2.46. The van der Waals surface area contributed by atoms with E-state index in [1.165, 1.54) is 0 Å². The van der Waals surface area contributed by atoms with Crippen molar-refractivity contribution >= 4 is 23.8 Å². The molecule has 100 valence electrons. The fraction of sp³-hybridized carbons (Fsp3) is 0.600. The molecular formula is C10H14N2O6. The van der Waals surface area contributed by atoms with Gasteiger partial charge in [-0.1, -0.05) is 0 Å². The van der Waals surface area contributed by atoms with Gasteiger partial charge in [-0.2, -0.15) is 0 Å². The molecular weight excluding hydrogens is 244 g/mol. The summed E-state index contributed by atoms with van der Waals surface area (Å²) in [5, 5.41) is 17.4. The first-order chi connectivity index (χ1) is 8.36. The van der Waals surface area contributed by atoms with Gasteiger partial charge in [-0.05, 0) is 6.92 Å². The first kappa shape index (κ1) is 14.1. The maximum atomic E-state index is 11.8. The van der Waals surface area contributed by atoms with E-state index in [0.29, 0.717) is 0 Å². The molecule has 1 atom stereocenters. The summed E-state index contributed by atoms with van der Waals surface area (Å²) in [6.07, 6.45) is -0.173. The second kappa shape index (κ2) is 5.58. The largest absolute Gasteiger partial charge is 0.480 e. The van der Waals surface area contributed by atoms with Crippen molar-refractivity contribution in [3.05, 3.63) is 0 Å². The number of likely N-dealkylation sites (tertiary alicyclic amines) is 1. The van der Waals surface area contributed by atoms with Crippen LogP contribution in [0.25, 0.3) is 0 Å². The van der Waals surface area contributed by atoms with Crippen LogP contribution in [-0.4, -0.2) is 69.4 Å². The predicted octanol–water partition coefficient (Wildman–Crippen LogP) is -1.39. The number of amides is 2. The van der Waals surface area contributed by atoms with Crippen LogP contribution in [0, 0.1) is 0 Å². The van der Waals surface area contributed by atoms with Gasteiger partial charge in [0, 0.05) is 6.54 Å². The summed E-state index contributed by atoms with van der Waals surface area (Å²) in [5.41, 5.74) is 0. The molecule has 1 heterocycles. The number of hydrogen-bond acceptors (Lipinski definition) is 5. The lowest BCUT2D eigenvalue weighted by atomic mass is 10.2. The Hall–Kier alpha value is -1.96. The van der Waals surface area contributed by atoms with Gasteiger partial charge >= 0.3 is 11.9 Å². The second-order valence-corrected chi connectivity index (χ2v) is 3.89. The second-order valence-electron chi connectivity index (χ2n) is 3.89. The minimum absolute atomic E-state index is 0.173. The molecule has 8 nitrogen and oxygen atoms in total. The van der Waals surface area contributed by atoms with Crippen LogP contribution in [0.5, 0.6) is 0 Å². The third-order valence-corrected chi connectivity index (χ3v) is 2.65. The molecule has 1 aliphatic rings. The van der Waals surface area contributed by atoms with E-state index in [-0.39, 0.29) is 13.0 Å². The molecule has 1 fully saturated rings. The van der Waals surface area contributed by atoms with Gasteiger partial charge in [-0.15, -0.1) is 0 Å². The van der Waals surface area contributed by atoms with Crippen LogP contribution < -0.4 is 0 Å². The van der Waals surface area contributed by atoms with Crippen molar-refractivity contribution < 1.29 is 29.4 Å². The summed E-state index contributed by atoms with van der Waals surface area (Å²) < 4.78 is 0. The third kappa shape index (κ3) is 3.04. The van der Waals surface area contributed by atoms with Gasteiger partial charge in [0.25, 0.3) is 0 Å². The summed E-state index contributed by atoms with van der Waals surface area (Å²) in [6.45, 7) is 0.639. The summed E-state index contributed by atoms with van der Waals surface area (Å²) in [6, 6.07) is -0.996. The summed E-state index contributed by atoms with van der Waals surface area (Å²) >= 11 is 0. The zero-order valence-electron chi connectivity index (χ0n) is 9.83. The molecule has 0 aromatic carbocycles. The maximum absolute atomic E-state index is 11.8. The molecule has 0 aromatic rings. The molecule has 2 N–H and O–H groups in total. The van der Waals surface area contributed by atoms with Crippen molar-refractivity contribution in [3.63, 3.8) is 0 Å². The fourth-order valence-corrected chi connectivity index (χ4v) is 1.91. The average molecular weight is 258 g/mol. The Morgan fingerprint density at radius 1 is 1.28 bits per heavy atom. The first-order valence-electron chi connectivity index (χ1n) is 5.38. The van der Waals surface area contributed by atoms with Gasteiger partial charge in [0.2, 0.25) is 11.8 Å². The lowest BCUT2D eigenvalue weighted by Gasteiger charge is -2.23. The number of nitrogens with zero attached hydrogens (tertiary/aromatic N) is 2. The molecule has 8 heteroatoms. The van der Waals surface area contributed by atoms with E-state index in [1.54, 1.807) is 6.92 Å². The number of imide groups is 1. The number of hydrogen-bond donors (Lipinski definition) is 2. The highest BCUT2D eigenvalue weighted by atomic mass is 16.4. The molecule has 1 rings (SSSR count). The van der Waals surface area contributed by atoms with Gasteiger partial charge in [0.05, 0.1) is 25.6 Å². The number of likely N-dealkylation sites (N-methyl/N-ethyl adjacent to an activating group) is 1. The van der Waals surface area contributed by atoms with Crippen molar-refractivity contribution in [3.8, 4) is 0 Å². The van der Waals surface area contributed by atoms with E-state index in [2.05, 4.69) is 0 Å². The van der Waals surface area contributed by atoms with Crippen molar-refractivity contribution in [1.82, 2.24) is 9.80 Å². The van der Waals surface area contributed by atoms with E-state index in [9.17, 15) is 19.2 Å². The van der Waals surface area contributed by atoms with Gasteiger partial charge in [-0.25, -0.2) is 0 Å². The predicted molar refractivity (Wildman–Crippen MR) is 57.6 cm³/mol. The molecule has 0 radical (unpaired) electrons. The quantitative estimate of drug-likeness (QED) is 0.563. The van der Waals surface area contributed by atoms with Gasteiger partial charge in [0.15, 0.2) is 0 Å². The Balaban J connectivity index is 2.86. The fourth-order valence-electron chi connectivity index (χ4n) is 1.91. The van der Waals surface area contributed by atoms with Crippen LogP contribution in [0.2, 0.25) is 0 Å². The molecule has 0 spiro atoms. The number of carbonyl (C=O) groups excluding carboxylic acids is 2. The molecule has 1 unspecified atom stereocenters. The summed E-state index contributed by atoms with van der Waals surface area (Å²) in [7, 11) is 0. The zero-order chi connectivity index (χ0) is 13.9. The molecule has 1 aliphatic heterocycles. The van der Waals surface area contributed by atoms with Gasteiger partial charge in [0.1, 0.15) is 0 Å². The Bertz CT molecular complexity index is 378. The smallest absolute Gasteiger partial charge is 0.317 e. The van der Waals surface area contributed by atoms with E-state index in [1.807, 2.05) is 0 Å². The Morgan fingerprint density at radius 2 is 1.78 bits per heavy atom. The van der Waals surface area contributed by atoms with Crippen LogP contribution in [-0.2, 0) is 19.2 Å². The first-order valence-corrected chi connectivity index (χ1v) is 5.38. The zero-order valence-corrected chi connectivity index (χ0v) is 9.83. The maximum Gasteiger partial charge on any atom is 0.317 e. The number of rotatable bonds is 6. The van der Waals surface area contributed by atoms with Crippen LogP contribution in [0.15, 0.2) is 0 Å². The van der Waals surface area contributed by atoms with Crippen molar-refractivity contribution in [2.45, 2.75) is 19.4 Å². The minimum atomic E-state index is -1.24. The Kier molecular flexibility index (Phi) is 4.38. The van der Waals surface area contributed by atoms with Crippen molar-refractivity contribution in [1.29, 1.82) is 0 Å². The average Bonchev–Trinajstić information content (AvgIpc) is 2.51. The highest BCUT2D eigenvalue weighted by molar-refractivity contribution is 6.05. The van der Waals surface area contributed by atoms with Crippen molar-refractivity contribution in [2.24, 2.45) is 0 Å². The monoisotopic (exact) mass is 258 g/mol. The van der Waals surface area contributed by atoms with Crippen LogP contribution in [0.3, 0.4) is 0 Å². The van der Waals surface area contributed by atoms with Crippen molar-refractivity contribution in [2.75, 3.05) is 19.6 Å². The van der Waals surface area contributed by atoms with E-state index < -0.39 is 42.9 Å². The topological polar surface area (TPSA) is 115 Å². The Labute approximate surface area is 103 Å². The highest BCUT2D eigenvalue weighted by Crippen LogP contribution is 2.18. The number of carbonyl (C=O) groups is 4. The van der Waals surface area contributed by atoms with Crippen LogP contribution >= 0.6 is 0 Å². The summed E-state index contributed by atoms with van der Waals surface area (Å²) in [4.78, 5) is 46.6. The Morgan fingerprint density at radius 3 is 2.11 bits per heavy atom. The molecule has 0 bridgehead atoms. The van der Waals surface area contributed by atoms with E-state index in [0.717, 1.165) is 9.80 Å². The minimum Gasteiger partial charge on any atom is -0.480 e. The van der Waals surface area contributed by atoms with Gasteiger partial charge < -0.3 is 10.2 Å². The van der Waals surface area contributed by atoms with E-state index >= 15 is 0 Å². The van der Waals surface area contributed by atoms with Crippen LogP contribution in [0.4, 0.5) is 0 Å². The standard InChI is InChI=1S/C10H14N2O6/c1-2-12-7(13)3-6(10(12)18)11(4-8(14)15)5-9(16)17/h6H,2-5H2,1H3,(H,14,15)(H,16,17). The molecule has 0 aromatic heterocycles.